The number of halogens is 3. The fourth-order valence-corrected chi connectivity index (χ4v) is 1.69. The zero-order valence-electron chi connectivity index (χ0n) is 10.6. The monoisotopic (exact) mass is 283 g/mol. The van der Waals surface area contributed by atoms with E-state index in [4.69, 9.17) is 10.5 Å². The van der Waals surface area contributed by atoms with E-state index in [9.17, 15) is 13.2 Å². The molecule has 0 atom stereocenters. The standard InChI is InChI=1S/C13H12F3N3O/c1-2-20-11-7-8(3-4-9(11)13(14,15)16)10-5-6-12(17)19-18-10/h3-7H,2H2,1H3,(H2,17,19). The number of nitrogens with zero attached hydrogens (tertiary/aromatic N) is 2. The number of hydrogen-bond acceptors (Lipinski definition) is 4. The van der Waals surface area contributed by atoms with E-state index in [-0.39, 0.29) is 18.2 Å². The number of alkyl halides is 3. The lowest BCUT2D eigenvalue weighted by Gasteiger charge is -2.14. The van der Waals surface area contributed by atoms with Gasteiger partial charge in [0.1, 0.15) is 11.6 Å². The van der Waals surface area contributed by atoms with Crippen LogP contribution < -0.4 is 10.5 Å². The molecule has 0 bridgehead atoms. The van der Waals surface area contributed by atoms with Gasteiger partial charge in [-0.1, -0.05) is 6.07 Å². The molecule has 1 aromatic carbocycles. The van der Waals surface area contributed by atoms with Gasteiger partial charge in [0.2, 0.25) is 0 Å². The molecule has 0 spiro atoms. The van der Waals surface area contributed by atoms with E-state index in [0.29, 0.717) is 11.3 Å². The van der Waals surface area contributed by atoms with Crippen LogP contribution in [0.2, 0.25) is 0 Å². The molecule has 2 rings (SSSR count). The van der Waals surface area contributed by atoms with Crippen molar-refractivity contribution in [3.05, 3.63) is 35.9 Å². The molecule has 0 radical (unpaired) electrons. The van der Waals surface area contributed by atoms with E-state index in [1.807, 2.05) is 0 Å². The van der Waals surface area contributed by atoms with Crippen molar-refractivity contribution in [2.45, 2.75) is 13.1 Å². The number of aromatic nitrogens is 2. The van der Waals surface area contributed by atoms with Crippen LogP contribution in [0, 0.1) is 0 Å². The average Bonchev–Trinajstić information content (AvgIpc) is 2.38. The number of anilines is 1. The van der Waals surface area contributed by atoms with Crippen LogP contribution in [0.4, 0.5) is 19.0 Å². The Labute approximate surface area is 113 Å². The first kappa shape index (κ1) is 14.1. The van der Waals surface area contributed by atoms with Crippen LogP contribution in [-0.2, 0) is 6.18 Å². The van der Waals surface area contributed by atoms with Crippen LogP contribution in [0.25, 0.3) is 11.3 Å². The molecule has 4 nitrogen and oxygen atoms in total. The molecule has 0 amide bonds. The molecule has 0 saturated carbocycles. The molecule has 1 heterocycles. The van der Waals surface area contributed by atoms with Gasteiger partial charge in [-0.25, -0.2) is 0 Å². The highest BCUT2D eigenvalue weighted by Crippen LogP contribution is 2.38. The van der Waals surface area contributed by atoms with Gasteiger partial charge in [-0.2, -0.15) is 13.2 Å². The first-order chi connectivity index (χ1) is 9.41. The molecule has 0 aliphatic carbocycles. The molecule has 0 unspecified atom stereocenters. The van der Waals surface area contributed by atoms with Gasteiger partial charge in [-0.3, -0.25) is 0 Å². The maximum absolute atomic E-state index is 12.8. The molecule has 2 aromatic rings. The van der Waals surface area contributed by atoms with Gasteiger partial charge in [-0.05, 0) is 31.2 Å². The first-order valence-corrected chi connectivity index (χ1v) is 5.85. The molecule has 7 heteroatoms. The normalized spacial score (nSPS) is 11.4. The van der Waals surface area contributed by atoms with Gasteiger partial charge in [0, 0.05) is 5.56 Å². The van der Waals surface area contributed by atoms with Gasteiger partial charge < -0.3 is 10.5 Å². The SMILES string of the molecule is CCOc1cc(-c2ccc(N)nn2)ccc1C(F)(F)F. The van der Waals surface area contributed by atoms with Crippen molar-refractivity contribution in [2.24, 2.45) is 0 Å². The van der Waals surface area contributed by atoms with Crippen molar-refractivity contribution >= 4 is 5.82 Å². The number of benzene rings is 1. The zero-order chi connectivity index (χ0) is 14.8. The average molecular weight is 283 g/mol. The van der Waals surface area contributed by atoms with E-state index in [0.717, 1.165) is 6.07 Å². The van der Waals surface area contributed by atoms with Crippen LogP contribution in [0.5, 0.6) is 5.75 Å². The third-order valence-electron chi connectivity index (χ3n) is 2.57. The summed E-state index contributed by atoms with van der Waals surface area (Å²) >= 11 is 0. The van der Waals surface area contributed by atoms with E-state index in [1.165, 1.54) is 18.2 Å². The van der Waals surface area contributed by atoms with Crippen LogP contribution in [0.3, 0.4) is 0 Å². The van der Waals surface area contributed by atoms with Crippen LogP contribution in [0.1, 0.15) is 12.5 Å². The minimum Gasteiger partial charge on any atom is -0.493 e. The van der Waals surface area contributed by atoms with Gasteiger partial charge >= 0.3 is 6.18 Å². The Bertz CT molecular complexity index is 597. The second kappa shape index (κ2) is 5.36. The van der Waals surface area contributed by atoms with Crippen molar-refractivity contribution in [1.82, 2.24) is 10.2 Å². The number of ether oxygens (including phenoxy) is 1. The lowest BCUT2D eigenvalue weighted by Crippen LogP contribution is -2.08. The van der Waals surface area contributed by atoms with Crippen LogP contribution in [0.15, 0.2) is 30.3 Å². The third-order valence-corrected chi connectivity index (χ3v) is 2.57. The predicted molar refractivity (Wildman–Crippen MR) is 68.1 cm³/mol. The smallest absolute Gasteiger partial charge is 0.419 e. The Morgan fingerprint density at radius 1 is 1.15 bits per heavy atom. The predicted octanol–water partition coefficient (Wildman–Crippen LogP) is 3.14. The zero-order valence-corrected chi connectivity index (χ0v) is 10.6. The Hall–Kier alpha value is -2.31. The van der Waals surface area contributed by atoms with E-state index < -0.39 is 11.7 Å². The molecule has 106 valence electrons. The summed E-state index contributed by atoms with van der Waals surface area (Å²) in [4.78, 5) is 0. The summed E-state index contributed by atoms with van der Waals surface area (Å²) in [6.07, 6.45) is -4.46. The Morgan fingerprint density at radius 2 is 1.90 bits per heavy atom. The van der Waals surface area contributed by atoms with Gasteiger partial charge in [-0.15, -0.1) is 10.2 Å². The number of hydrogen-bond donors (Lipinski definition) is 1. The van der Waals surface area contributed by atoms with Gasteiger partial charge in [0.15, 0.2) is 0 Å². The van der Waals surface area contributed by atoms with Crippen molar-refractivity contribution in [2.75, 3.05) is 12.3 Å². The molecule has 0 aliphatic rings. The van der Waals surface area contributed by atoms with E-state index >= 15 is 0 Å². The Kier molecular flexibility index (Phi) is 3.78. The largest absolute Gasteiger partial charge is 0.493 e. The van der Waals surface area contributed by atoms with Gasteiger partial charge in [0.05, 0.1) is 17.9 Å². The fraction of sp³-hybridized carbons (Fsp3) is 0.231. The summed E-state index contributed by atoms with van der Waals surface area (Å²) < 4.78 is 43.6. The number of nitrogen functional groups attached to an aromatic ring is 1. The molecular weight excluding hydrogens is 271 g/mol. The highest BCUT2D eigenvalue weighted by molar-refractivity contribution is 5.63. The summed E-state index contributed by atoms with van der Waals surface area (Å²) in [6, 6.07) is 6.71. The Balaban J connectivity index is 2.47. The van der Waals surface area contributed by atoms with Crippen molar-refractivity contribution in [3.8, 4) is 17.0 Å². The highest BCUT2D eigenvalue weighted by atomic mass is 19.4. The number of rotatable bonds is 3. The van der Waals surface area contributed by atoms with Crippen molar-refractivity contribution in [1.29, 1.82) is 0 Å². The lowest BCUT2D eigenvalue weighted by atomic mass is 10.1. The molecule has 1 aromatic heterocycles. The van der Waals surface area contributed by atoms with E-state index in [2.05, 4.69) is 10.2 Å². The first-order valence-electron chi connectivity index (χ1n) is 5.85. The topological polar surface area (TPSA) is 61.0 Å². The summed E-state index contributed by atoms with van der Waals surface area (Å²) in [7, 11) is 0. The minimum atomic E-state index is -4.46. The molecule has 0 fully saturated rings. The maximum atomic E-state index is 12.8. The molecule has 20 heavy (non-hydrogen) atoms. The maximum Gasteiger partial charge on any atom is 0.419 e. The summed E-state index contributed by atoms with van der Waals surface area (Å²) in [5.41, 5.74) is 5.51. The van der Waals surface area contributed by atoms with Crippen LogP contribution >= 0.6 is 0 Å². The van der Waals surface area contributed by atoms with Crippen LogP contribution in [-0.4, -0.2) is 16.8 Å². The third kappa shape index (κ3) is 2.98. The second-order valence-electron chi connectivity index (χ2n) is 3.99. The van der Waals surface area contributed by atoms with Crippen molar-refractivity contribution < 1.29 is 17.9 Å². The fourth-order valence-electron chi connectivity index (χ4n) is 1.69. The van der Waals surface area contributed by atoms with Crippen molar-refractivity contribution in [3.63, 3.8) is 0 Å². The minimum absolute atomic E-state index is 0.139. The summed E-state index contributed by atoms with van der Waals surface area (Å²) in [6.45, 7) is 1.76. The highest BCUT2D eigenvalue weighted by Gasteiger charge is 2.34. The molecular formula is C13H12F3N3O. The molecule has 0 aliphatic heterocycles. The quantitative estimate of drug-likeness (QED) is 0.940. The molecule has 0 saturated heterocycles. The number of nitrogens with two attached hydrogens (primary N) is 1. The summed E-state index contributed by atoms with van der Waals surface area (Å²) in [5.74, 6) is 0.0156. The van der Waals surface area contributed by atoms with E-state index in [1.54, 1.807) is 13.0 Å². The summed E-state index contributed by atoms with van der Waals surface area (Å²) in [5, 5.41) is 7.50. The Morgan fingerprint density at radius 3 is 2.45 bits per heavy atom. The van der Waals surface area contributed by atoms with Gasteiger partial charge in [0.25, 0.3) is 0 Å². The lowest BCUT2D eigenvalue weighted by molar-refractivity contribution is -0.138. The molecule has 2 N–H and O–H groups in total. The second-order valence-corrected chi connectivity index (χ2v) is 3.99.